The number of hydrogen-bond donors (Lipinski definition) is 2. The summed E-state index contributed by atoms with van der Waals surface area (Å²) in [6, 6.07) is 22.8. The fourth-order valence-corrected chi connectivity index (χ4v) is 4.60. The van der Waals surface area contributed by atoms with E-state index in [2.05, 4.69) is 64.3 Å². The van der Waals surface area contributed by atoms with Crippen LogP contribution in [-0.2, 0) is 11.3 Å². The summed E-state index contributed by atoms with van der Waals surface area (Å²) in [6.07, 6.45) is 0.220. The first kappa shape index (κ1) is 20.7. The van der Waals surface area contributed by atoms with Crippen LogP contribution in [0.2, 0.25) is 0 Å². The summed E-state index contributed by atoms with van der Waals surface area (Å²) in [7, 11) is 0. The minimum atomic E-state index is 0.220. The summed E-state index contributed by atoms with van der Waals surface area (Å²) < 4.78 is 11.9. The van der Waals surface area contributed by atoms with Crippen LogP contribution in [-0.4, -0.2) is 45.5 Å². The Morgan fingerprint density at radius 3 is 2.82 bits per heavy atom. The Balaban J connectivity index is 1.31. The largest absolute Gasteiger partial charge is 0.487 e. The SMILES string of the molecule is CC1CN(c2ccc3nc(-c4n[nH]c5c(OCc6ccccc6)cccc45)[nH]c3c2)C(C)CO1. The minimum absolute atomic E-state index is 0.220. The van der Waals surface area contributed by atoms with Gasteiger partial charge in [0, 0.05) is 23.7 Å². The molecule has 34 heavy (non-hydrogen) atoms. The molecule has 0 amide bonds. The van der Waals surface area contributed by atoms with Crippen LogP contribution in [0.3, 0.4) is 0 Å². The number of hydrogen-bond acceptors (Lipinski definition) is 5. The van der Waals surface area contributed by atoms with Crippen LogP contribution in [0, 0.1) is 0 Å². The number of aromatic nitrogens is 4. The standard InChI is InChI=1S/C27H27N5O2/c1-17-15-33-18(2)14-32(17)20-11-12-22-23(13-20)29-27(28-22)26-21-9-6-10-24(25(21)30-31-26)34-16-19-7-4-3-5-8-19/h3-13,17-18H,14-16H2,1-2H3,(H,28,29)(H,30,31). The molecule has 172 valence electrons. The zero-order valence-electron chi connectivity index (χ0n) is 19.3. The van der Waals surface area contributed by atoms with Crippen molar-refractivity contribution < 1.29 is 9.47 Å². The summed E-state index contributed by atoms with van der Waals surface area (Å²) >= 11 is 0. The van der Waals surface area contributed by atoms with Crippen molar-refractivity contribution in [2.75, 3.05) is 18.1 Å². The van der Waals surface area contributed by atoms with Gasteiger partial charge in [-0.2, -0.15) is 5.10 Å². The molecule has 2 N–H and O–H groups in total. The molecule has 2 aromatic heterocycles. The monoisotopic (exact) mass is 453 g/mol. The number of morpholine rings is 1. The number of aromatic amines is 2. The van der Waals surface area contributed by atoms with Crippen molar-refractivity contribution in [1.29, 1.82) is 0 Å². The molecular weight excluding hydrogens is 426 g/mol. The van der Waals surface area contributed by atoms with E-state index in [1.807, 2.05) is 36.4 Å². The Hall–Kier alpha value is -3.84. The third-order valence-corrected chi connectivity index (χ3v) is 6.43. The van der Waals surface area contributed by atoms with Crippen molar-refractivity contribution in [3.05, 3.63) is 72.3 Å². The highest BCUT2D eigenvalue weighted by Crippen LogP contribution is 2.33. The van der Waals surface area contributed by atoms with Gasteiger partial charge < -0.3 is 19.4 Å². The molecule has 0 bridgehead atoms. The highest BCUT2D eigenvalue weighted by molar-refractivity contribution is 5.96. The van der Waals surface area contributed by atoms with Crippen molar-refractivity contribution in [3.63, 3.8) is 0 Å². The lowest BCUT2D eigenvalue weighted by atomic mass is 10.1. The lowest BCUT2D eigenvalue weighted by Crippen LogP contribution is -2.47. The highest BCUT2D eigenvalue weighted by atomic mass is 16.5. The second-order valence-corrected chi connectivity index (χ2v) is 8.96. The smallest absolute Gasteiger partial charge is 0.159 e. The summed E-state index contributed by atoms with van der Waals surface area (Å²) in [6.45, 7) is 6.43. The predicted molar refractivity (Wildman–Crippen MR) is 134 cm³/mol. The van der Waals surface area contributed by atoms with Crippen LogP contribution in [0.25, 0.3) is 33.5 Å². The molecule has 1 aliphatic heterocycles. The number of imidazole rings is 1. The molecule has 3 heterocycles. The zero-order chi connectivity index (χ0) is 23.1. The summed E-state index contributed by atoms with van der Waals surface area (Å²) in [4.78, 5) is 10.7. The zero-order valence-corrected chi connectivity index (χ0v) is 19.3. The van der Waals surface area contributed by atoms with Gasteiger partial charge in [0.2, 0.25) is 0 Å². The second-order valence-electron chi connectivity index (χ2n) is 8.96. The van der Waals surface area contributed by atoms with Crippen LogP contribution >= 0.6 is 0 Å². The Labute approximate surface area is 197 Å². The summed E-state index contributed by atoms with van der Waals surface area (Å²) in [5.74, 6) is 1.51. The molecule has 1 fully saturated rings. The quantitative estimate of drug-likeness (QED) is 0.378. The number of rotatable bonds is 5. The molecule has 1 saturated heterocycles. The molecule has 0 saturated carbocycles. The molecule has 5 aromatic rings. The van der Waals surface area contributed by atoms with Crippen LogP contribution < -0.4 is 9.64 Å². The molecule has 3 aromatic carbocycles. The van der Waals surface area contributed by atoms with E-state index in [1.165, 1.54) is 5.69 Å². The molecule has 1 aliphatic rings. The average molecular weight is 454 g/mol. The number of H-pyrrole nitrogens is 2. The topological polar surface area (TPSA) is 79.1 Å². The molecule has 0 aliphatic carbocycles. The Bertz CT molecular complexity index is 1440. The number of fused-ring (bicyclic) bond motifs is 2. The number of benzene rings is 3. The van der Waals surface area contributed by atoms with E-state index >= 15 is 0 Å². The molecule has 0 radical (unpaired) electrons. The number of nitrogens with zero attached hydrogens (tertiary/aromatic N) is 3. The van der Waals surface area contributed by atoms with Gasteiger partial charge in [-0.15, -0.1) is 0 Å². The number of ether oxygens (including phenoxy) is 2. The van der Waals surface area contributed by atoms with Gasteiger partial charge >= 0.3 is 0 Å². The lowest BCUT2D eigenvalue weighted by Gasteiger charge is -2.38. The van der Waals surface area contributed by atoms with Crippen LogP contribution in [0.1, 0.15) is 19.4 Å². The molecule has 2 unspecified atom stereocenters. The third-order valence-electron chi connectivity index (χ3n) is 6.43. The van der Waals surface area contributed by atoms with Crippen LogP contribution in [0.5, 0.6) is 5.75 Å². The van der Waals surface area contributed by atoms with E-state index in [0.29, 0.717) is 12.6 Å². The molecule has 0 spiro atoms. The summed E-state index contributed by atoms with van der Waals surface area (Å²) in [5.41, 5.74) is 5.86. The molecule has 7 heteroatoms. The maximum Gasteiger partial charge on any atom is 0.159 e. The first-order valence-corrected chi connectivity index (χ1v) is 11.7. The maximum absolute atomic E-state index is 6.10. The van der Waals surface area contributed by atoms with Gasteiger partial charge in [-0.05, 0) is 43.7 Å². The van der Waals surface area contributed by atoms with Gasteiger partial charge in [-0.3, -0.25) is 5.10 Å². The van der Waals surface area contributed by atoms with Crippen molar-refractivity contribution in [1.82, 2.24) is 20.2 Å². The predicted octanol–water partition coefficient (Wildman–Crippen LogP) is 5.30. The van der Waals surface area contributed by atoms with E-state index < -0.39 is 0 Å². The molecule has 2 atom stereocenters. The molecule has 6 rings (SSSR count). The molecule has 7 nitrogen and oxygen atoms in total. The van der Waals surface area contributed by atoms with Crippen molar-refractivity contribution in [2.24, 2.45) is 0 Å². The third kappa shape index (κ3) is 3.78. The number of para-hydroxylation sites is 1. The van der Waals surface area contributed by atoms with E-state index in [1.54, 1.807) is 0 Å². The average Bonchev–Trinajstić information content (AvgIpc) is 3.48. The lowest BCUT2D eigenvalue weighted by molar-refractivity contribution is 0.0344. The number of anilines is 1. The first-order chi connectivity index (χ1) is 16.7. The van der Waals surface area contributed by atoms with Crippen molar-refractivity contribution in [2.45, 2.75) is 32.6 Å². The van der Waals surface area contributed by atoms with Gasteiger partial charge in [0.15, 0.2) is 5.82 Å². The Morgan fingerprint density at radius 1 is 1.06 bits per heavy atom. The highest BCUT2D eigenvalue weighted by Gasteiger charge is 2.24. The van der Waals surface area contributed by atoms with Gasteiger partial charge in [-0.1, -0.05) is 42.5 Å². The van der Waals surface area contributed by atoms with Gasteiger partial charge in [-0.25, -0.2) is 4.98 Å². The van der Waals surface area contributed by atoms with E-state index in [4.69, 9.17) is 14.5 Å². The van der Waals surface area contributed by atoms with E-state index in [9.17, 15) is 0 Å². The minimum Gasteiger partial charge on any atom is -0.487 e. The van der Waals surface area contributed by atoms with Gasteiger partial charge in [0.05, 0.1) is 23.7 Å². The van der Waals surface area contributed by atoms with Gasteiger partial charge in [0.25, 0.3) is 0 Å². The van der Waals surface area contributed by atoms with E-state index in [-0.39, 0.29) is 6.10 Å². The van der Waals surface area contributed by atoms with Crippen LogP contribution in [0.4, 0.5) is 5.69 Å². The maximum atomic E-state index is 6.10. The van der Waals surface area contributed by atoms with E-state index in [0.717, 1.165) is 57.9 Å². The normalized spacial score (nSPS) is 18.6. The fraction of sp³-hybridized carbons (Fsp3) is 0.259. The second kappa shape index (κ2) is 8.50. The van der Waals surface area contributed by atoms with Crippen molar-refractivity contribution >= 4 is 27.6 Å². The Morgan fingerprint density at radius 2 is 1.94 bits per heavy atom. The summed E-state index contributed by atoms with van der Waals surface area (Å²) in [5, 5.41) is 8.71. The fourth-order valence-electron chi connectivity index (χ4n) is 4.60. The number of nitrogens with one attached hydrogen (secondary N) is 2. The first-order valence-electron chi connectivity index (χ1n) is 11.7. The van der Waals surface area contributed by atoms with Crippen molar-refractivity contribution in [3.8, 4) is 17.3 Å². The van der Waals surface area contributed by atoms with Crippen LogP contribution in [0.15, 0.2) is 66.7 Å². The Kier molecular flexibility index (Phi) is 5.19. The van der Waals surface area contributed by atoms with Gasteiger partial charge in [0.1, 0.15) is 23.6 Å². The molecular formula is C27H27N5O2.